The number of thiol groups is 1. The van der Waals surface area contributed by atoms with Gasteiger partial charge < -0.3 is 10.1 Å². The van der Waals surface area contributed by atoms with Gasteiger partial charge in [-0.2, -0.15) is 13.2 Å². The molecular formula is C10H7F3N4OS. The first-order valence-corrected chi connectivity index (χ1v) is 5.35. The van der Waals surface area contributed by atoms with Crippen LogP contribution in [0, 0.1) is 5.41 Å². The maximum atomic E-state index is 12.9. The number of azo groups is 1. The van der Waals surface area contributed by atoms with Gasteiger partial charge in [-0.05, 0) is 12.1 Å². The van der Waals surface area contributed by atoms with Crippen LogP contribution in [0.5, 0.6) is 5.88 Å². The molecule has 0 aliphatic carbocycles. The maximum Gasteiger partial charge on any atom is 0.417 e. The summed E-state index contributed by atoms with van der Waals surface area (Å²) in [6.45, 7) is 0. The van der Waals surface area contributed by atoms with Crippen LogP contribution in [0.2, 0.25) is 0 Å². The number of aromatic hydroxyl groups is 1. The number of fused-ring (bicyclic) bond motifs is 1. The van der Waals surface area contributed by atoms with Crippen molar-refractivity contribution in [1.29, 1.82) is 5.41 Å². The van der Waals surface area contributed by atoms with E-state index in [2.05, 4.69) is 27.8 Å². The van der Waals surface area contributed by atoms with Crippen LogP contribution in [0.4, 0.5) is 18.9 Å². The average molecular weight is 288 g/mol. The molecule has 0 saturated carbocycles. The summed E-state index contributed by atoms with van der Waals surface area (Å²) in [6.07, 6.45) is -4.59. The summed E-state index contributed by atoms with van der Waals surface area (Å²) in [5, 5.41) is 22.4. The van der Waals surface area contributed by atoms with E-state index >= 15 is 0 Å². The lowest BCUT2D eigenvalue weighted by Gasteiger charge is -2.07. The van der Waals surface area contributed by atoms with Gasteiger partial charge in [0.1, 0.15) is 0 Å². The van der Waals surface area contributed by atoms with Crippen LogP contribution in [0.3, 0.4) is 0 Å². The summed E-state index contributed by atoms with van der Waals surface area (Å²) in [6, 6.07) is 3.46. The zero-order valence-corrected chi connectivity index (χ0v) is 10.0. The van der Waals surface area contributed by atoms with Crippen molar-refractivity contribution < 1.29 is 18.3 Å². The van der Waals surface area contributed by atoms with E-state index in [0.717, 1.165) is 6.07 Å². The Balaban J connectivity index is 2.76. The first-order valence-electron chi connectivity index (χ1n) is 4.91. The lowest BCUT2D eigenvalue weighted by Crippen LogP contribution is -2.04. The molecule has 0 atom stereocenters. The van der Waals surface area contributed by atoms with E-state index in [-0.39, 0.29) is 16.6 Å². The van der Waals surface area contributed by atoms with Crippen molar-refractivity contribution in [2.24, 2.45) is 10.2 Å². The molecule has 1 aromatic carbocycles. The summed E-state index contributed by atoms with van der Waals surface area (Å²) in [5.41, 5.74) is -1.24. The lowest BCUT2D eigenvalue weighted by molar-refractivity contribution is -0.136. The van der Waals surface area contributed by atoms with Crippen LogP contribution < -0.4 is 0 Å². The molecule has 5 nitrogen and oxygen atoms in total. The smallest absolute Gasteiger partial charge is 0.417 e. The molecule has 0 fully saturated rings. The SMILES string of the molecule is N=C(S)/N=N/c1c(O)[nH]c2cccc(C(F)(F)F)c12. The van der Waals surface area contributed by atoms with Gasteiger partial charge in [0.05, 0.1) is 11.1 Å². The first kappa shape index (κ1) is 13.4. The minimum atomic E-state index is -4.59. The Morgan fingerprint density at radius 1 is 1.37 bits per heavy atom. The molecule has 0 radical (unpaired) electrons. The van der Waals surface area contributed by atoms with Gasteiger partial charge >= 0.3 is 6.18 Å². The normalized spacial score (nSPS) is 12.4. The fourth-order valence-corrected chi connectivity index (χ4v) is 1.69. The Kier molecular flexibility index (Phi) is 3.23. The molecule has 0 spiro atoms. The van der Waals surface area contributed by atoms with Gasteiger partial charge in [0.15, 0.2) is 10.9 Å². The highest BCUT2D eigenvalue weighted by molar-refractivity contribution is 7.96. The van der Waals surface area contributed by atoms with Gasteiger partial charge in [-0.25, -0.2) is 0 Å². The fraction of sp³-hybridized carbons (Fsp3) is 0.100. The molecule has 3 N–H and O–H groups in total. The predicted molar refractivity (Wildman–Crippen MR) is 66.2 cm³/mol. The van der Waals surface area contributed by atoms with Gasteiger partial charge in [0.2, 0.25) is 5.88 Å². The van der Waals surface area contributed by atoms with Gasteiger partial charge in [-0.1, -0.05) is 6.07 Å². The summed E-state index contributed by atoms with van der Waals surface area (Å²) in [5.74, 6) is -0.551. The minimum Gasteiger partial charge on any atom is -0.493 e. The van der Waals surface area contributed by atoms with Crippen molar-refractivity contribution in [3.63, 3.8) is 0 Å². The van der Waals surface area contributed by atoms with Crippen molar-refractivity contribution in [3.05, 3.63) is 23.8 Å². The summed E-state index contributed by atoms with van der Waals surface area (Å²) in [4.78, 5) is 2.37. The van der Waals surface area contributed by atoms with Crippen LogP contribution in [0.25, 0.3) is 10.9 Å². The van der Waals surface area contributed by atoms with E-state index in [1.165, 1.54) is 12.1 Å². The number of hydrogen-bond donors (Lipinski definition) is 4. The highest BCUT2D eigenvalue weighted by Gasteiger charge is 2.34. The van der Waals surface area contributed by atoms with E-state index < -0.39 is 22.8 Å². The standard InChI is InChI=1S/C10H7F3N4OS/c11-10(12,13)4-2-1-3-5-6(4)7(8(18)15-5)16-17-9(14)19/h1-3,15,18H,(H2,14,19)/b17-16+. The van der Waals surface area contributed by atoms with Gasteiger partial charge in [0.25, 0.3) is 0 Å². The number of nitrogens with zero attached hydrogens (tertiary/aromatic N) is 2. The van der Waals surface area contributed by atoms with E-state index in [0.29, 0.717) is 0 Å². The van der Waals surface area contributed by atoms with Crippen LogP contribution in [-0.2, 0) is 6.18 Å². The summed E-state index contributed by atoms with van der Waals surface area (Å²) < 4.78 is 38.6. The molecule has 19 heavy (non-hydrogen) atoms. The molecule has 0 aliphatic rings. The Morgan fingerprint density at radius 3 is 2.63 bits per heavy atom. The quantitative estimate of drug-likeness (QED) is 0.273. The van der Waals surface area contributed by atoms with Crippen molar-refractivity contribution in [2.45, 2.75) is 6.18 Å². The van der Waals surface area contributed by atoms with Crippen molar-refractivity contribution in [1.82, 2.24) is 4.98 Å². The van der Waals surface area contributed by atoms with Gasteiger partial charge in [0, 0.05) is 5.39 Å². The van der Waals surface area contributed by atoms with Crippen LogP contribution >= 0.6 is 12.6 Å². The second-order valence-electron chi connectivity index (χ2n) is 3.57. The fourth-order valence-electron chi connectivity index (χ4n) is 1.65. The van der Waals surface area contributed by atoms with Crippen molar-refractivity contribution >= 4 is 34.4 Å². The number of amidine groups is 1. The number of halogens is 3. The number of hydrogen-bond acceptors (Lipinski definition) is 3. The molecule has 0 unspecified atom stereocenters. The second kappa shape index (κ2) is 4.57. The number of aromatic amines is 1. The van der Waals surface area contributed by atoms with Crippen LogP contribution in [0.1, 0.15) is 5.56 Å². The molecular weight excluding hydrogens is 281 g/mol. The van der Waals surface area contributed by atoms with Crippen molar-refractivity contribution in [2.75, 3.05) is 0 Å². The number of benzene rings is 1. The lowest BCUT2D eigenvalue weighted by atomic mass is 10.1. The third-order valence-electron chi connectivity index (χ3n) is 2.33. The zero-order valence-electron chi connectivity index (χ0n) is 9.15. The molecule has 9 heteroatoms. The van der Waals surface area contributed by atoms with Crippen LogP contribution in [-0.4, -0.2) is 15.3 Å². The molecule has 0 aliphatic heterocycles. The number of alkyl halides is 3. The third kappa shape index (κ3) is 2.55. The highest BCUT2D eigenvalue weighted by Crippen LogP contribution is 2.43. The molecule has 0 saturated heterocycles. The Hall–Kier alpha value is -2.03. The predicted octanol–water partition coefficient (Wildman–Crippen LogP) is 3.84. The molecule has 1 heterocycles. The monoisotopic (exact) mass is 288 g/mol. The van der Waals surface area contributed by atoms with Gasteiger partial charge in [-0.3, -0.25) is 5.41 Å². The third-order valence-corrected chi connectivity index (χ3v) is 2.42. The van der Waals surface area contributed by atoms with E-state index in [4.69, 9.17) is 5.41 Å². The molecule has 2 aromatic rings. The second-order valence-corrected chi connectivity index (χ2v) is 4.00. The first-order chi connectivity index (χ1) is 8.80. The van der Waals surface area contributed by atoms with Gasteiger partial charge in [-0.15, -0.1) is 22.9 Å². The summed E-state index contributed by atoms with van der Waals surface area (Å²) >= 11 is 3.53. The maximum absolute atomic E-state index is 12.9. The van der Waals surface area contributed by atoms with E-state index in [1.807, 2.05) is 0 Å². The van der Waals surface area contributed by atoms with E-state index in [1.54, 1.807) is 0 Å². The average Bonchev–Trinajstić information content (AvgIpc) is 2.60. The molecule has 0 bridgehead atoms. The topological polar surface area (TPSA) is 84.6 Å². The molecule has 2 rings (SSSR count). The molecule has 0 amide bonds. The number of aromatic nitrogens is 1. The number of rotatable bonds is 1. The Bertz CT molecular complexity index is 677. The Morgan fingerprint density at radius 2 is 2.05 bits per heavy atom. The van der Waals surface area contributed by atoms with Crippen molar-refractivity contribution in [3.8, 4) is 5.88 Å². The summed E-state index contributed by atoms with van der Waals surface area (Å²) in [7, 11) is 0. The van der Waals surface area contributed by atoms with Crippen LogP contribution in [0.15, 0.2) is 28.4 Å². The number of H-pyrrole nitrogens is 1. The molecule has 100 valence electrons. The largest absolute Gasteiger partial charge is 0.493 e. The number of nitrogens with one attached hydrogen (secondary N) is 2. The minimum absolute atomic E-state index is 0.0759. The molecule has 1 aromatic heterocycles. The van der Waals surface area contributed by atoms with E-state index in [9.17, 15) is 18.3 Å². The Labute approximate surface area is 110 Å². The zero-order chi connectivity index (χ0) is 14.2. The highest BCUT2D eigenvalue weighted by atomic mass is 32.1.